The van der Waals surface area contributed by atoms with Crippen LogP contribution in [0.25, 0.3) is 104 Å². The molecule has 0 saturated carbocycles. The third-order valence-electron chi connectivity index (χ3n) is 10.9. The lowest BCUT2D eigenvalue weighted by molar-refractivity contribution is 1.18. The van der Waals surface area contributed by atoms with E-state index in [1.165, 1.54) is 43.6 Å². The topological polar surface area (TPSA) is 41.6 Å². The van der Waals surface area contributed by atoms with Crippen LogP contribution in [0.2, 0.25) is 0 Å². The van der Waals surface area contributed by atoms with Crippen molar-refractivity contribution >= 4 is 75.9 Å². The molecular formula is C50H29N3. The van der Waals surface area contributed by atoms with E-state index in [0.717, 1.165) is 60.2 Å². The van der Waals surface area contributed by atoms with Crippen molar-refractivity contribution in [3.63, 3.8) is 0 Å². The van der Waals surface area contributed by atoms with Crippen LogP contribution in [0.4, 0.5) is 0 Å². The normalized spacial score (nSPS) is 11.8. The molecule has 2 aromatic heterocycles. The van der Waals surface area contributed by atoms with Gasteiger partial charge < -0.3 is 4.57 Å². The number of benzene rings is 9. The third kappa shape index (κ3) is 4.37. The Morgan fingerprint density at radius 1 is 0.434 bits per heavy atom. The molecule has 0 unspecified atom stereocenters. The van der Waals surface area contributed by atoms with E-state index in [1.54, 1.807) is 0 Å². The highest BCUT2D eigenvalue weighted by atomic mass is 15.0. The van der Waals surface area contributed by atoms with E-state index < -0.39 is 0 Å². The molecule has 11 rings (SSSR count). The van der Waals surface area contributed by atoms with Gasteiger partial charge in [0.25, 0.3) is 0 Å². The molecule has 9 aromatic carbocycles. The number of rotatable bonds is 3. The maximum atomic E-state index is 9.89. The van der Waals surface area contributed by atoms with Crippen LogP contribution in [0.5, 0.6) is 0 Å². The second-order valence-electron chi connectivity index (χ2n) is 13.8. The molecule has 2 heterocycles. The molecular weight excluding hydrogens is 643 g/mol. The fraction of sp³-hybridized carbons (Fsp3) is 0. The van der Waals surface area contributed by atoms with Gasteiger partial charge in [-0.1, -0.05) is 115 Å². The van der Waals surface area contributed by atoms with Crippen molar-refractivity contribution in [1.29, 1.82) is 5.26 Å². The molecule has 0 saturated heterocycles. The summed E-state index contributed by atoms with van der Waals surface area (Å²) in [5.74, 6) is 0. The van der Waals surface area contributed by atoms with Gasteiger partial charge in [-0.3, -0.25) is 0 Å². The summed E-state index contributed by atoms with van der Waals surface area (Å²) in [6.07, 6.45) is 0. The van der Waals surface area contributed by atoms with Crippen LogP contribution in [0.3, 0.4) is 0 Å². The van der Waals surface area contributed by atoms with Crippen LogP contribution in [0, 0.1) is 11.3 Å². The molecule has 0 spiro atoms. The first kappa shape index (κ1) is 29.5. The van der Waals surface area contributed by atoms with Gasteiger partial charge in [-0.15, -0.1) is 0 Å². The molecule has 244 valence electrons. The van der Waals surface area contributed by atoms with Crippen LogP contribution in [-0.2, 0) is 0 Å². The number of pyridine rings is 1. The summed E-state index contributed by atoms with van der Waals surface area (Å²) < 4.78 is 2.30. The van der Waals surface area contributed by atoms with Crippen molar-refractivity contribution in [3.05, 3.63) is 181 Å². The predicted molar refractivity (Wildman–Crippen MR) is 222 cm³/mol. The number of para-hydroxylation sites is 2. The summed E-state index contributed by atoms with van der Waals surface area (Å²) in [5.41, 5.74) is 10.7. The molecule has 0 aliphatic rings. The number of aromatic nitrogens is 2. The van der Waals surface area contributed by atoms with Crippen molar-refractivity contribution in [2.75, 3.05) is 0 Å². The molecule has 0 aliphatic carbocycles. The lowest BCUT2D eigenvalue weighted by atomic mass is 9.84. The Hall–Kier alpha value is -7.28. The van der Waals surface area contributed by atoms with Gasteiger partial charge in [-0.25, -0.2) is 4.98 Å². The standard InChI is InChI=1S/C50H29N3/c51-30-31-22-24-46-42(26-31)43-28-33(23-25-47(43)53(46)35-13-2-1-3-14-35)48-37-16-6-8-18-39(37)49(40-19-9-7-17-38(40)48)44-29-34-27-32-12-4-11-21-45(32)52-50(34)41-20-10-5-15-36(41)44/h1-29H. The zero-order valence-electron chi connectivity index (χ0n) is 28.6. The van der Waals surface area contributed by atoms with E-state index in [4.69, 9.17) is 4.98 Å². The van der Waals surface area contributed by atoms with E-state index >= 15 is 0 Å². The Labute approximate surface area is 305 Å². The van der Waals surface area contributed by atoms with Crippen LogP contribution in [0.1, 0.15) is 5.56 Å². The summed E-state index contributed by atoms with van der Waals surface area (Å²) in [5, 5.41) is 21.5. The maximum Gasteiger partial charge on any atom is 0.0991 e. The van der Waals surface area contributed by atoms with Crippen LogP contribution in [0.15, 0.2) is 176 Å². The second-order valence-corrected chi connectivity index (χ2v) is 13.8. The average molecular weight is 672 g/mol. The van der Waals surface area contributed by atoms with Crippen molar-refractivity contribution in [1.82, 2.24) is 9.55 Å². The molecule has 0 bridgehead atoms. The first-order valence-corrected chi connectivity index (χ1v) is 17.9. The Balaban J connectivity index is 1.24. The molecule has 3 heteroatoms. The molecule has 0 atom stereocenters. The van der Waals surface area contributed by atoms with Gasteiger partial charge in [0.1, 0.15) is 0 Å². The molecule has 53 heavy (non-hydrogen) atoms. The van der Waals surface area contributed by atoms with Gasteiger partial charge in [0.15, 0.2) is 0 Å². The monoisotopic (exact) mass is 671 g/mol. The van der Waals surface area contributed by atoms with Crippen molar-refractivity contribution in [3.8, 4) is 34.0 Å². The van der Waals surface area contributed by atoms with Gasteiger partial charge >= 0.3 is 0 Å². The number of hydrogen-bond acceptors (Lipinski definition) is 2. The quantitative estimate of drug-likeness (QED) is 0.139. The molecule has 0 amide bonds. The Morgan fingerprint density at radius 2 is 1.02 bits per heavy atom. The number of hydrogen-bond donors (Lipinski definition) is 0. The van der Waals surface area contributed by atoms with Crippen molar-refractivity contribution < 1.29 is 0 Å². The van der Waals surface area contributed by atoms with E-state index in [-0.39, 0.29) is 0 Å². The van der Waals surface area contributed by atoms with Gasteiger partial charge in [0, 0.05) is 32.6 Å². The molecule has 0 fully saturated rings. The lowest BCUT2D eigenvalue weighted by Crippen LogP contribution is -1.94. The zero-order chi connectivity index (χ0) is 35.0. The fourth-order valence-electron chi connectivity index (χ4n) is 8.66. The number of nitriles is 1. The molecule has 0 radical (unpaired) electrons. The maximum absolute atomic E-state index is 9.89. The number of nitrogens with zero attached hydrogens (tertiary/aromatic N) is 3. The SMILES string of the molecule is N#Cc1ccc2c(c1)c1cc(-c3c4ccccc4c(-c4cc5cc6ccccc6nc5c5ccccc45)c4ccccc34)ccc1n2-c1ccccc1. The van der Waals surface area contributed by atoms with Crippen LogP contribution < -0.4 is 0 Å². The van der Waals surface area contributed by atoms with Gasteiger partial charge in [-0.2, -0.15) is 5.26 Å². The van der Waals surface area contributed by atoms with Gasteiger partial charge in [0.05, 0.1) is 33.7 Å². The Kier molecular flexibility index (Phi) is 6.32. The average Bonchev–Trinajstić information content (AvgIpc) is 3.55. The predicted octanol–water partition coefficient (Wildman–Crippen LogP) is 13.2. The molecule has 0 N–H and O–H groups in total. The number of fused-ring (bicyclic) bond motifs is 9. The van der Waals surface area contributed by atoms with E-state index in [9.17, 15) is 5.26 Å². The summed E-state index contributed by atoms with van der Waals surface area (Å²) in [4.78, 5) is 5.18. The van der Waals surface area contributed by atoms with Crippen LogP contribution in [-0.4, -0.2) is 9.55 Å². The summed E-state index contributed by atoms with van der Waals surface area (Å²) in [6, 6.07) is 65.1. The van der Waals surface area contributed by atoms with Gasteiger partial charge in [-0.05, 0) is 110 Å². The zero-order valence-corrected chi connectivity index (χ0v) is 28.6. The minimum Gasteiger partial charge on any atom is -0.309 e. The fourth-order valence-corrected chi connectivity index (χ4v) is 8.66. The molecule has 3 nitrogen and oxygen atoms in total. The van der Waals surface area contributed by atoms with E-state index in [0.29, 0.717) is 5.56 Å². The smallest absolute Gasteiger partial charge is 0.0991 e. The summed E-state index contributed by atoms with van der Waals surface area (Å²) >= 11 is 0. The lowest BCUT2D eigenvalue weighted by Gasteiger charge is -2.19. The highest BCUT2D eigenvalue weighted by molar-refractivity contribution is 6.26. The van der Waals surface area contributed by atoms with E-state index in [2.05, 4.69) is 168 Å². The third-order valence-corrected chi connectivity index (χ3v) is 10.9. The van der Waals surface area contributed by atoms with Crippen LogP contribution >= 0.6 is 0 Å². The summed E-state index contributed by atoms with van der Waals surface area (Å²) in [7, 11) is 0. The molecule has 0 aliphatic heterocycles. The van der Waals surface area contributed by atoms with Crippen molar-refractivity contribution in [2.45, 2.75) is 0 Å². The minimum absolute atomic E-state index is 0.654. The van der Waals surface area contributed by atoms with Crippen molar-refractivity contribution in [2.24, 2.45) is 0 Å². The highest BCUT2D eigenvalue weighted by Crippen LogP contribution is 2.47. The molecule has 11 aromatic rings. The van der Waals surface area contributed by atoms with E-state index in [1.807, 2.05) is 18.2 Å². The summed E-state index contributed by atoms with van der Waals surface area (Å²) in [6.45, 7) is 0. The minimum atomic E-state index is 0.654. The second kappa shape index (κ2) is 11.4. The highest BCUT2D eigenvalue weighted by Gasteiger charge is 2.21. The first-order valence-electron chi connectivity index (χ1n) is 17.9. The largest absolute Gasteiger partial charge is 0.309 e. The Bertz CT molecular complexity index is 3290. The van der Waals surface area contributed by atoms with Gasteiger partial charge in [0.2, 0.25) is 0 Å². The Morgan fingerprint density at radius 3 is 1.74 bits per heavy atom. The first-order chi connectivity index (χ1) is 26.2.